The van der Waals surface area contributed by atoms with E-state index in [4.69, 9.17) is 11.5 Å². The first-order valence-electron chi connectivity index (χ1n) is 5.26. The highest BCUT2D eigenvalue weighted by Crippen LogP contribution is 2.13. The van der Waals surface area contributed by atoms with Crippen molar-refractivity contribution < 1.29 is 9.59 Å². The Balaban J connectivity index is 2.73. The highest BCUT2D eigenvalue weighted by Gasteiger charge is 2.12. The minimum atomic E-state index is -0.633. The van der Waals surface area contributed by atoms with Gasteiger partial charge >= 0.3 is 0 Å². The Labute approximate surface area is 104 Å². The molecule has 2 amide bonds. The van der Waals surface area contributed by atoms with E-state index in [9.17, 15) is 9.59 Å². The predicted molar refractivity (Wildman–Crippen MR) is 65.9 cm³/mol. The van der Waals surface area contributed by atoms with Crippen LogP contribution in [0.25, 0.3) is 0 Å². The number of primary amides is 1. The summed E-state index contributed by atoms with van der Waals surface area (Å²) in [4.78, 5) is 22.2. The van der Waals surface area contributed by atoms with E-state index < -0.39 is 11.9 Å². The number of benzene rings is 1. The summed E-state index contributed by atoms with van der Waals surface area (Å²) < 4.78 is 0. The molecule has 0 aliphatic rings. The van der Waals surface area contributed by atoms with Crippen LogP contribution in [0.5, 0.6) is 0 Å². The van der Waals surface area contributed by atoms with E-state index >= 15 is 0 Å². The Morgan fingerprint density at radius 1 is 1.28 bits per heavy atom. The average Bonchev–Trinajstić information content (AvgIpc) is 2.35. The van der Waals surface area contributed by atoms with Crippen LogP contribution in [0, 0.1) is 0 Å². The third kappa shape index (κ3) is 3.63. The third-order valence-electron chi connectivity index (χ3n) is 2.15. The standard InChI is InChI=1S/C11H15N5O2/c1-7(12)11(18)16(2)15-14-9-5-3-8(4-6-9)10(13)17/h3-7H,12H2,1-2H3,(H2,13,17). The first-order chi connectivity index (χ1) is 8.41. The Hall–Kier alpha value is -2.28. The number of hydrogen-bond acceptors (Lipinski definition) is 5. The fraction of sp³-hybridized carbons (Fsp3) is 0.273. The van der Waals surface area contributed by atoms with Crippen molar-refractivity contribution in [3.63, 3.8) is 0 Å². The van der Waals surface area contributed by atoms with Crippen LogP contribution in [0.1, 0.15) is 17.3 Å². The number of hydrogen-bond donors (Lipinski definition) is 2. The molecule has 0 radical (unpaired) electrons. The lowest BCUT2D eigenvalue weighted by atomic mass is 10.2. The van der Waals surface area contributed by atoms with Crippen molar-refractivity contribution in [3.8, 4) is 0 Å². The van der Waals surface area contributed by atoms with Gasteiger partial charge in [-0.2, -0.15) is 0 Å². The molecule has 0 saturated heterocycles. The SMILES string of the molecule is CC(N)C(=O)N(C)N=Nc1ccc(C(N)=O)cc1. The minimum absolute atomic E-state index is 0.340. The molecule has 1 atom stereocenters. The molecule has 1 rings (SSSR count). The molecule has 0 aliphatic carbocycles. The molecule has 0 heterocycles. The summed E-state index contributed by atoms with van der Waals surface area (Å²) in [5, 5.41) is 8.60. The molecule has 0 fully saturated rings. The van der Waals surface area contributed by atoms with Crippen LogP contribution in [0.3, 0.4) is 0 Å². The highest BCUT2D eigenvalue weighted by atomic mass is 16.2. The average molecular weight is 249 g/mol. The third-order valence-corrected chi connectivity index (χ3v) is 2.15. The van der Waals surface area contributed by atoms with Crippen LogP contribution in [0.15, 0.2) is 34.6 Å². The van der Waals surface area contributed by atoms with Crippen LogP contribution >= 0.6 is 0 Å². The van der Waals surface area contributed by atoms with Crippen LogP contribution in [-0.2, 0) is 4.79 Å². The van der Waals surface area contributed by atoms with Gasteiger partial charge in [0.25, 0.3) is 5.91 Å². The van der Waals surface area contributed by atoms with E-state index in [0.29, 0.717) is 11.3 Å². The molecule has 0 spiro atoms. The molecule has 0 bridgehead atoms. The van der Waals surface area contributed by atoms with E-state index in [0.717, 1.165) is 5.01 Å². The second-order valence-electron chi connectivity index (χ2n) is 3.75. The van der Waals surface area contributed by atoms with Gasteiger partial charge in [-0.25, -0.2) is 5.01 Å². The first kappa shape index (κ1) is 13.8. The molecule has 0 saturated carbocycles. The van der Waals surface area contributed by atoms with Gasteiger partial charge in [0.05, 0.1) is 11.7 Å². The molecule has 18 heavy (non-hydrogen) atoms. The lowest BCUT2D eigenvalue weighted by molar-refractivity contribution is -0.131. The van der Waals surface area contributed by atoms with Gasteiger partial charge in [0.2, 0.25) is 5.91 Å². The Bertz CT molecular complexity index is 467. The van der Waals surface area contributed by atoms with Crippen molar-refractivity contribution >= 4 is 17.5 Å². The topological polar surface area (TPSA) is 114 Å². The number of carbonyl (C=O) groups excluding carboxylic acids is 2. The fourth-order valence-corrected chi connectivity index (χ4v) is 1.15. The van der Waals surface area contributed by atoms with E-state index in [1.54, 1.807) is 19.1 Å². The number of carbonyl (C=O) groups is 2. The molecule has 1 aromatic rings. The van der Waals surface area contributed by atoms with Gasteiger partial charge in [0, 0.05) is 12.6 Å². The van der Waals surface area contributed by atoms with Gasteiger partial charge in [0.1, 0.15) is 0 Å². The van der Waals surface area contributed by atoms with Crippen LogP contribution in [0.4, 0.5) is 5.69 Å². The zero-order valence-corrected chi connectivity index (χ0v) is 10.2. The van der Waals surface area contributed by atoms with Gasteiger partial charge in [-0.15, -0.1) is 5.11 Å². The molecule has 4 N–H and O–H groups in total. The van der Waals surface area contributed by atoms with Crippen molar-refractivity contribution in [1.29, 1.82) is 0 Å². The monoisotopic (exact) mass is 249 g/mol. The van der Waals surface area contributed by atoms with Crippen molar-refractivity contribution in [2.24, 2.45) is 21.8 Å². The fourth-order valence-electron chi connectivity index (χ4n) is 1.15. The second kappa shape index (κ2) is 5.87. The smallest absolute Gasteiger partial charge is 0.260 e. The van der Waals surface area contributed by atoms with Gasteiger partial charge in [0.15, 0.2) is 0 Å². The second-order valence-corrected chi connectivity index (χ2v) is 3.75. The molecule has 0 aliphatic heterocycles. The summed E-state index contributed by atoms with van der Waals surface area (Å²) in [6.45, 7) is 1.57. The predicted octanol–water partition coefficient (Wildman–Crippen LogP) is 0.590. The maximum atomic E-state index is 11.4. The minimum Gasteiger partial charge on any atom is -0.366 e. The Morgan fingerprint density at radius 2 is 1.83 bits per heavy atom. The largest absolute Gasteiger partial charge is 0.366 e. The summed E-state index contributed by atoms with van der Waals surface area (Å²) in [5.74, 6) is -0.852. The normalized spacial score (nSPS) is 12.4. The quantitative estimate of drug-likeness (QED) is 0.601. The Morgan fingerprint density at radius 3 is 2.28 bits per heavy atom. The van der Waals surface area contributed by atoms with Crippen LogP contribution in [0.2, 0.25) is 0 Å². The number of amides is 2. The summed E-state index contributed by atoms with van der Waals surface area (Å²) in [7, 11) is 1.47. The summed E-state index contributed by atoms with van der Waals surface area (Å²) >= 11 is 0. The maximum Gasteiger partial charge on any atom is 0.260 e. The molecule has 7 heteroatoms. The lowest BCUT2D eigenvalue weighted by Gasteiger charge is -2.11. The van der Waals surface area contributed by atoms with E-state index in [1.165, 1.54) is 19.2 Å². The summed E-state index contributed by atoms with van der Waals surface area (Å²) in [6, 6.07) is 5.58. The Kier molecular flexibility index (Phi) is 4.50. The molecular weight excluding hydrogens is 234 g/mol. The summed E-state index contributed by atoms with van der Waals surface area (Å²) in [6.07, 6.45) is 0. The van der Waals surface area contributed by atoms with Crippen molar-refractivity contribution in [2.45, 2.75) is 13.0 Å². The van der Waals surface area contributed by atoms with Gasteiger partial charge in [-0.3, -0.25) is 9.59 Å². The van der Waals surface area contributed by atoms with E-state index in [1.807, 2.05) is 0 Å². The van der Waals surface area contributed by atoms with Gasteiger partial charge in [-0.05, 0) is 31.2 Å². The molecular formula is C11H15N5O2. The van der Waals surface area contributed by atoms with Gasteiger partial charge < -0.3 is 11.5 Å². The number of rotatable bonds is 4. The van der Waals surface area contributed by atoms with Crippen molar-refractivity contribution in [3.05, 3.63) is 29.8 Å². The highest BCUT2D eigenvalue weighted by molar-refractivity contribution is 5.93. The molecule has 7 nitrogen and oxygen atoms in total. The molecule has 1 aromatic carbocycles. The zero-order chi connectivity index (χ0) is 13.7. The molecule has 0 aromatic heterocycles. The lowest BCUT2D eigenvalue weighted by Crippen LogP contribution is -2.36. The van der Waals surface area contributed by atoms with Crippen molar-refractivity contribution in [1.82, 2.24) is 5.01 Å². The van der Waals surface area contributed by atoms with Crippen molar-refractivity contribution in [2.75, 3.05) is 7.05 Å². The number of likely N-dealkylation sites (N-methyl/N-ethyl adjacent to an activating group) is 1. The van der Waals surface area contributed by atoms with E-state index in [2.05, 4.69) is 10.3 Å². The molecule has 96 valence electrons. The number of nitrogens with zero attached hydrogens (tertiary/aromatic N) is 3. The zero-order valence-electron chi connectivity index (χ0n) is 10.2. The van der Waals surface area contributed by atoms with E-state index in [-0.39, 0.29) is 5.91 Å². The van der Waals surface area contributed by atoms with Gasteiger partial charge in [-0.1, -0.05) is 5.22 Å². The summed E-state index contributed by atoms with van der Waals surface area (Å²) in [5.41, 5.74) is 11.4. The molecule has 1 unspecified atom stereocenters. The van der Waals surface area contributed by atoms with Crippen LogP contribution < -0.4 is 11.5 Å². The first-order valence-corrected chi connectivity index (χ1v) is 5.26. The van der Waals surface area contributed by atoms with Crippen LogP contribution in [-0.4, -0.2) is 29.9 Å². The maximum absolute atomic E-state index is 11.4. The number of nitrogens with two attached hydrogens (primary N) is 2.